The van der Waals surface area contributed by atoms with Gasteiger partial charge in [-0.1, -0.05) is 6.07 Å². The zero-order valence-corrected chi connectivity index (χ0v) is 10.4. The van der Waals surface area contributed by atoms with E-state index < -0.39 is 6.10 Å². The second kappa shape index (κ2) is 4.59. The Morgan fingerprint density at radius 3 is 2.90 bits per heavy atom. The molecule has 0 aliphatic carbocycles. The topological polar surface area (TPSA) is 92.2 Å². The molecule has 1 aromatic carbocycles. The minimum absolute atomic E-state index is 0.126. The van der Waals surface area contributed by atoms with Gasteiger partial charge in [0.25, 0.3) is 0 Å². The van der Waals surface area contributed by atoms with Crippen LogP contribution in [0.1, 0.15) is 11.1 Å². The van der Waals surface area contributed by atoms with Crippen molar-refractivity contribution in [2.24, 2.45) is 0 Å². The largest absolute Gasteiger partial charge is 0.507 e. The smallest absolute Gasteiger partial charge is 0.241 e. The van der Waals surface area contributed by atoms with E-state index in [2.05, 4.69) is 4.98 Å². The maximum atomic E-state index is 10.3. The molecule has 20 heavy (non-hydrogen) atoms. The van der Waals surface area contributed by atoms with Crippen LogP contribution in [0.15, 0.2) is 48.5 Å². The molecule has 0 spiro atoms. The molecule has 5 nitrogen and oxygen atoms in total. The number of aliphatic hydroxyl groups is 1. The Morgan fingerprint density at radius 1 is 1.35 bits per heavy atom. The Balaban J connectivity index is 2.28. The van der Waals surface area contributed by atoms with Crippen LogP contribution in [0.4, 0.5) is 5.69 Å². The van der Waals surface area contributed by atoms with Crippen molar-refractivity contribution in [3.05, 3.63) is 59.6 Å². The van der Waals surface area contributed by atoms with Gasteiger partial charge in [-0.15, -0.1) is 0 Å². The second-order valence-corrected chi connectivity index (χ2v) is 4.38. The number of anilines is 1. The molecule has 0 bridgehead atoms. The van der Waals surface area contributed by atoms with Gasteiger partial charge >= 0.3 is 0 Å². The van der Waals surface area contributed by atoms with E-state index in [1.54, 1.807) is 36.7 Å². The fourth-order valence-electron chi connectivity index (χ4n) is 2.20. The fourth-order valence-corrected chi connectivity index (χ4v) is 2.20. The monoisotopic (exact) mass is 265 g/mol. The third kappa shape index (κ3) is 1.84. The quantitative estimate of drug-likeness (QED) is 0.771. The van der Waals surface area contributed by atoms with Crippen molar-refractivity contribution >= 4 is 11.3 Å². The number of fused-ring (bicyclic) bond motifs is 1. The summed E-state index contributed by atoms with van der Waals surface area (Å²) in [4.78, 5) is 4.04. The summed E-state index contributed by atoms with van der Waals surface area (Å²) in [6.45, 7) is 0. The third-order valence-corrected chi connectivity index (χ3v) is 3.09. The van der Waals surface area contributed by atoms with Gasteiger partial charge < -0.3 is 15.6 Å². The van der Waals surface area contributed by atoms with E-state index in [9.17, 15) is 5.11 Å². The van der Waals surface area contributed by atoms with Crippen LogP contribution in [-0.2, 0) is 0 Å². The minimum Gasteiger partial charge on any atom is -0.507 e. The van der Waals surface area contributed by atoms with Gasteiger partial charge in [0.2, 0.25) is 6.10 Å². The first kappa shape index (κ1) is 12.1. The van der Waals surface area contributed by atoms with Crippen LogP contribution in [0, 0.1) is 11.3 Å². The maximum Gasteiger partial charge on any atom is 0.241 e. The maximum absolute atomic E-state index is 10.3. The number of aromatic nitrogens is 1. The predicted octanol–water partition coefficient (Wildman–Crippen LogP) is 2.27. The Bertz CT molecular complexity index is 733. The van der Waals surface area contributed by atoms with Crippen molar-refractivity contribution in [2.45, 2.75) is 6.10 Å². The first-order valence-corrected chi connectivity index (χ1v) is 6.00. The van der Waals surface area contributed by atoms with Gasteiger partial charge in [-0.3, -0.25) is 4.98 Å². The van der Waals surface area contributed by atoms with Crippen molar-refractivity contribution in [1.82, 2.24) is 4.98 Å². The molecular formula is C15H11N3O2. The third-order valence-electron chi connectivity index (χ3n) is 3.09. The number of nitrogens with zero attached hydrogens (tertiary/aromatic N) is 2. The first-order chi connectivity index (χ1) is 9.70. The standard InChI is InChI=1S/C15H11N3O2/c16-7-13-15(19)14(9-2-1-5-18-8-9)11-6-10(17)3-4-12(11)20-13/h1-6,8,13,19H,17H2. The summed E-state index contributed by atoms with van der Waals surface area (Å²) in [7, 11) is 0. The average Bonchev–Trinajstić information content (AvgIpc) is 2.47. The normalized spacial score (nSPS) is 17.1. The molecule has 2 heterocycles. The Hall–Kier alpha value is -3.00. The SMILES string of the molecule is N#CC1Oc2ccc(N)cc2C(c2cccnc2)=C1O. The van der Waals surface area contributed by atoms with Crippen LogP contribution in [0.2, 0.25) is 0 Å². The molecule has 0 radical (unpaired) electrons. The van der Waals surface area contributed by atoms with E-state index in [-0.39, 0.29) is 5.76 Å². The zero-order chi connectivity index (χ0) is 14.1. The van der Waals surface area contributed by atoms with Gasteiger partial charge in [0.15, 0.2) is 5.76 Å². The van der Waals surface area contributed by atoms with Crippen LogP contribution in [0.25, 0.3) is 5.57 Å². The highest BCUT2D eigenvalue weighted by Gasteiger charge is 2.29. The second-order valence-electron chi connectivity index (χ2n) is 4.38. The van der Waals surface area contributed by atoms with E-state index >= 15 is 0 Å². The number of pyridine rings is 1. The molecule has 1 atom stereocenters. The Labute approximate surface area is 115 Å². The van der Waals surface area contributed by atoms with Crippen LogP contribution >= 0.6 is 0 Å². The van der Waals surface area contributed by atoms with Gasteiger partial charge in [0.1, 0.15) is 11.8 Å². The molecular weight excluding hydrogens is 254 g/mol. The molecule has 1 aromatic heterocycles. The number of aliphatic hydroxyl groups excluding tert-OH is 1. The first-order valence-electron chi connectivity index (χ1n) is 6.00. The number of hydrogen-bond acceptors (Lipinski definition) is 5. The number of nitriles is 1. The molecule has 0 saturated heterocycles. The fraction of sp³-hybridized carbons (Fsp3) is 0.0667. The highest BCUT2D eigenvalue weighted by Crippen LogP contribution is 2.39. The number of hydrogen-bond donors (Lipinski definition) is 2. The molecule has 2 aromatic rings. The van der Waals surface area contributed by atoms with E-state index in [1.165, 1.54) is 0 Å². The summed E-state index contributed by atoms with van der Waals surface area (Å²) < 4.78 is 5.46. The number of benzene rings is 1. The zero-order valence-electron chi connectivity index (χ0n) is 10.4. The van der Waals surface area contributed by atoms with Crippen molar-refractivity contribution < 1.29 is 9.84 Å². The average molecular weight is 265 g/mol. The molecule has 1 unspecified atom stereocenters. The molecule has 3 rings (SSSR count). The number of nitrogens with two attached hydrogens (primary N) is 1. The van der Waals surface area contributed by atoms with Crippen molar-refractivity contribution in [3.63, 3.8) is 0 Å². The van der Waals surface area contributed by atoms with E-state index in [0.29, 0.717) is 28.1 Å². The Kier molecular flexibility index (Phi) is 2.77. The van der Waals surface area contributed by atoms with Crippen molar-refractivity contribution in [3.8, 4) is 11.8 Å². The summed E-state index contributed by atoms with van der Waals surface area (Å²) in [5, 5.41) is 19.4. The lowest BCUT2D eigenvalue weighted by Crippen LogP contribution is -2.23. The van der Waals surface area contributed by atoms with Gasteiger partial charge in [-0.25, -0.2) is 0 Å². The molecule has 5 heteroatoms. The molecule has 0 fully saturated rings. The highest BCUT2D eigenvalue weighted by molar-refractivity contribution is 5.86. The van der Waals surface area contributed by atoms with Crippen molar-refractivity contribution in [2.75, 3.05) is 5.73 Å². The summed E-state index contributed by atoms with van der Waals surface area (Å²) in [5.41, 5.74) is 8.24. The Morgan fingerprint density at radius 2 is 2.20 bits per heavy atom. The van der Waals surface area contributed by atoms with Crippen LogP contribution in [-0.4, -0.2) is 16.2 Å². The molecule has 0 amide bonds. The summed E-state index contributed by atoms with van der Waals surface area (Å²) in [6, 6.07) is 10.6. The molecule has 98 valence electrons. The number of rotatable bonds is 1. The van der Waals surface area contributed by atoms with Gasteiger partial charge in [0, 0.05) is 34.8 Å². The molecule has 1 aliphatic heterocycles. The van der Waals surface area contributed by atoms with Gasteiger partial charge in [-0.2, -0.15) is 5.26 Å². The van der Waals surface area contributed by atoms with Crippen LogP contribution in [0.5, 0.6) is 5.75 Å². The minimum atomic E-state index is -1.03. The van der Waals surface area contributed by atoms with E-state index in [4.69, 9.17) is 15.7 Å². The summed E-state index contributed by atoms with van der Waals surface area (Å²) >= 11 is 0. The van der Waals surface area contributed by atoms with Crippen LogP contribution in [0.3, 0.4) is 0 Å². The highest BCUT2D eigenvalue weighted by atomic mass is 16.5. The lowest BCUT2D eigenvalue weighted by molar-refractivity contribution is 0.214. The lowest BCUT2D eigenvalue weighted by Gasteiger charge is -2.24. The van der Waals surface area contributed by atoms with Gasteiger partial charge in [-0.05, 0) is 24.3 Å². The number of ether oxygens (including phenoxy) is 1. The molecule has 0 saturated carbocycles. The molecule has 3 N–H and O–H groups in total. The van der Waals surface area contributed by atoms with Crippen molar-refractivity contribution in [1.29, 1.82) is 5.26 Å². The molecule has 1 aliphatic rings. The predicted molar refractivity (Wildman–Crippen MR) is 73.8 cm³/mol. The van der Waals surface area contributed by atoms with Crippen LogP contribution < -0.4 is 10.5 Å². The lowest BCUT2D eigenvalue weighted by atomic mass is 9.93. The summed E-state index contributed by atoms with van der Waals surface area (Å²) in [6.07, 6.45) is 2.24. The summed E-state index contributed by atoms with van der Waals surface area (Å²) in [5.74, 6) is 0.390. The van der Waals surface area contributed by atoms with Gasteiger partial charge in [0.05, 0.1) is 0 Å². The van der Waals surface area contributed by atoms with E-state index in [0.717, 1.165) is 0 Å². The van der Waals surface area contributed by atoms with E-state index in [1.807, 2.05) is 12.1 Å². The number of nitrogen functional groups attached to an aromatic ring is 1.